The normalized spacial score (nSPS) is 17.9. The fourth-order valence-corrected chi connectivity index (χ4v) is 3.73. The van der Waals surface area contributed by atoms with Gasteiger partial charge in [-0.1, -0.05) is 20.3 Å². The van der Waals surface area contributed by atoms with Gasteiger partial charge in [-0.2, -0.15) is 5.10 Å². The summed E-state index contributed by atoms with van der Waals surface area (Å²) in [5, 5.41) is 10.9. The summed E-state index contributed by atoms with van der Waals surface area (Å²) in [6.45, 7) is 6.84. The van der Waals surface area contributed by atoms with Crippen LogP contribution in [0.1, 0.15) is 53.4 Å². The first kappa shape index (κ1) is 19.0. The fourth-order valence-electron chi connectivity index (χ4n) is 3.73. The molecular formula is C21H25N7O. The average molecular weight is 391 g/mol. The third-order valence-electron chi connectivity index (χ3n) is 5.67. The molecule has 4 N–H and O–H groups in total. The van der Waals surface area contributed by atoms with Gasteiger partial charge >= 0.3 is 0 Å². The van der Waals surface area contributed by atoms with E-state index in [-0.39, 0.29) is 11.1 Å². The summed E-state index contributed by atoms with van der Waals surface area (Å²) < 4.78 is 0. The highest BCUT2D eigenvalue weighted by Gasteiger charge is 2.35. The van der Waals surface area contributed by atoms with Gasteiger partial charge in [-0.3, -0.25) is 9.89 Å². The van der Waals surface area contributed by atoms with E-state index in [0.717, 1.165) is 41.9 Å². The second-order valence-corrected chi connectivity index (χ2v) is 8.03. The van der Waals surface area contributed by atoms with Gasteiger partial charge in [0.05, 0.1) is 5.69 Å². The van der Waals surface area contributed by atoms with E-state index in [0.29, 0.717) is 12.4 Å². The number of pyridine rings is 1. The van der Waals surface area contributed by atoms with Crippen LogP contribution in [-0.2, 0) is 19.4 Å². The quantitative estimate of drug-likeness (QED) is 0.594. The Morgan fingerprint density at radius 1 is 1.28 bits per heavy atom. The number of primary amides is 1. The minimum absolute atomic E-state index is 0.207. The summed E-state index contributed by atoms with van der Waals surface area (Å²) in [7, 11) is 0. The molecule has 1 atom stereocenters. The van der Waals surface area contributed by atoms with Gasteiger partial charge in [-0.05, 0) is 37.3 Å². The van der Waals surface area contributed by atoms with Crippen molar-refractivity contribution in [3.05, 3.63) is 52.9 Å². The Hall–Kier alpha value is -3.29. The van der Waals surface area contributed by atoms with Crippen LogP contribution in [-0.4, -0.2) is 31.1 Å². The number of nitrogens with zero attached hydrogens (tertiary/aromatic N) is 4. The first-order valence-corrected chi connectivity index (χ1v) is 9.76. The number of amides is 1. The lowest BCUT2D eigenvalue weighted by Crippen LogP contribution is -2.16. The summed E-state index contributed by atoms with van der Waals surface area (Å²) in [6, 6.07) is 3.61. The van der Waals surface area contributed by atoms with E-state index in [1.54, 1.807) is 18.5 Å². The first-order valence-electron chi connectivity index (χ1n) is 9.76. The molecule has 0 saturated heterocycles. The summed E-state index contributed by atoms with van der Waals surface area (Å²) in [5.41, 5.74) is 11.0. The van der Waals surface area contributed by atoms with Crippen LogP contribution in [0.4, 0.5) is 5.82 Å². The second-order valence-electron chi connectivity index (χ2n) is 8.03. The lowest BCUT2D eigenvalue weighted by molar-refractivity contribution is 0.0995. The highest BCUT2D eigenvalue weighted by Crippen LogP contribution is 2.42. The third-order valence-corrected chi connectivity index (χ3v) is 5.67. The van der Waals surface area contributed by atoms with E-state index in [1.807, 2.05) is 13.0 Å². The summed E-state index contributed by atoms with van der Waals surface area (Å²) >= 11 is 0. The van der Waals surface area contributed by atoms with Crippen molar-refractivity contribution in [2.45, 2.75) is 46.6 Å². The number of carbonyl (C=O) groups is 1. The molecule has 0 fully saturated rings. The van der Waals surface area contributed by atoms with Gasteiger partial charge < -0.3 is 11.1 Å². The molecule has 1 unspecified atom stereocenters. The van der Waals surface area contributed by atoms with Crippen LogP contribution in [0, 0.1) is 12.3 Å². The van der Waals surface area contributed by atoms with Crippen molar-refractivity contribution < 1.29 is 4.79 Å². The van der Waals surface area contributed by atoms with Crippen molar-refractivity contribution >= 4 is 11.7 Å². The maximum atomic E-state index is 11.9. The van der Waals surface area contributed by atoms with E-state index in [4.69, 9.17) is 5.73 Å². The number of hydrogen-bond acceptors (Lipinski definition) is 6. The monoisotopic (exact) mass is 391 g/mol. The van der Waals surface area contributed by atoms with E-state index in [1.165, 1.54) is 11.3 Å². The second kappa shape index (κ2) is 7.27. The zero-order valence-corrected chi connectivity index (χ0v) is 16.9. The van der Waals surface area contributed by atoms with Crippen LogP contribution in [0.25, 0.3) is 11.3 Å². The molecule has 8 nitrogen and oxygen atoms in total. The Kier molecular flexibility index (Phi) is 4.77. The SMILES string of the molecule is CCC1(C)Cc2[nH]nc(-c3cc(NCc4cnc(C)nc4)nc(C(N)=O)c3)c2C1. The number of nitrogens with one attached hydrogen (secondary N) is 2. The molecule has 1 aliphatic carbocycles. The predicted molar refractivity (Wildman–Crippen MR) is 110 cm³/mol. The molecule has 0 bridgehead atoms. The average Bonchev–Trinajstić information content (AvgIpc) is 3.24. The van der Waals surface area contributed by atoms with Crippen molar-refractivity contribution in [2.24, 2.45) is 11.1 Å². The summed E-state index contributed by atoms with van der Waals surface area (Å²) in [4.78, 5) is 24.6. The van der Waals surface area contributed by atoms with Gasteiger partial charge in [0.1, 0.15) is 17.3 Å². The van der Waals surface area contributed by atoms with Gasteiger partial charge in [0, 0.05) is 41.3 Å². The largest absolute Gasteiger partial charge is 0.366 e. The molecule has 3 aromatic heterocycles. The number of aromatic amines is 1. The van der Waals surface area contributed by atoms with Crippen LogP contribution in [0.15, 0.2) is 24.5 Å². The van der Waals surface area contributed by atoms with Crippen molar-refractivity contribution in [1.82, 2.24) is 25.1 Å². The molecule has 3 aromatic rings. The van der Waals surface area contributed by atoms with E-state index >= 15 is 0 Å². The molecule has 150 valence electrons. The smallest absolute Gasteiger partial charge is 0.267 e. The van der Waals surface area contributed by atoms with Gasteiger partial charge in [0.15, 0.2) is 0 Å². The highest BCUT2D eigenvalue weighted by atomic mass is 16.1. The third kappa shape index (κ3) is 3.83. The van der Waals surface area contributed by atoms with Crippen LogP contribution in [0.2, 0.25) is 0 Å². The Labute approximate surface area is 169 Å². The number of aryl methyl sites for hydroxylation is 1. The number of rotatable bonds is 6. The molecular weight excluding hydrogens is 366 g/mol. The predicted octanol–water partition coefficient (Wildman–Crippen LogP) is 2.80. The standard InChI is InChI=1S/C21H25N7O/c1-4-21(3)7-15-17(8-21)27-28-19(15)14-5-16(20(22)29)26-18(6-14)25-11-13-9-23-12(2)24-10-13/h5-6,9-10H,4,7-8,11H2,1-3H3,(H2,22,29)(H,25,26)(H,27,28). The zero-order chi connectivity index (χ0) is 20.6. The maximum absolute atomic E-state index is 11.9. The number of hydrogen-bond donors (Lipinski definition) is 3. The first-order chi connectivity index (χ1) is 13.9. The molecule has 3 heterocycles. The van der Waals surface area contributed by atoms with E-state index in [9.17, 15) is 4.79 Å². The number of carbonyl (C=O) groups excluding carboxylic acids is 1. The zero-order valence-electron chi connectivity index (χ0n) is 16.9. The molecule has 29 heavy (non-hydrogen) atoms. The van der Waals surface area contributed by atoms with Gasteiger partial charge in [0.2, 0.25) is 0 Å². The molecule has 8 heteroatoms. The number of fused-ring (bicyclic) bond motifs is 1. The minimum Gasteiger partial charge on any atom is -0.366 e. The number of anilines is 1. The Balaban J connectivity index is 1.65. The maximum Gasteiger partial charge on any atom is 0.267 e. The van der Waals surface area contributed by atoms with E-state index in [2.05, 4.69) is 44.3 Å². The molecule has 0 radical (unpaired) electrons. The summed E-state index contributed by atoms with van der Waals surface area (Å²) in [6.07, 6.45) is 6.57. The fraction of sp³-hybridized carbons (Fsp3) is 0.381. The van der Waals surface area contributed by atoms with Crippen molar-refractivity contribution in [2.75, 3.05) is 5.32 Å². The lowest BCUT2D eigenvalue weighted by Gasteiger charge is -2.20. The molecule has 0 aromatic carbocycles. The van der Waals surface area contributed by atoms with Crippen molar-refractivity contribution in [3.8, 4) is 11.3 Å². The molecule has 4 rings (SSSR count). The van der Waals surface area contributed by atoms with Crippen molar-refractivity contribution in [3.63, 3.8) is 0 Å². The van der Waals surface area contributed by atoms with Gasteiger partial charge in [0.25, 0.3) is 5.91 Å². The van der Waals surface area contributed by atoms with Gasteiger partial charge in [-0.25, -0.2) is 15.0 Å². The highest BCUT2D eigenvalue weighted by molar-refractivity contribution is 5.92. The Morgan fingerprint density at radius 2 is 2.03 bits per heavy atom. The molecule has 1 amide bonds. The van der Waals surface area contributed by atoms with Crippen LogP contribution < -0.4 is 11.1 Å². The Morgan fingerprint density at radius 3 is 2.72 bits per heavy atom. The number of aromatic nitrogens is 5. The molecule has 1 aliphatic rings. The molecule has 0 saturated carbocycles. The van der Waals surface area contributed by atoms with Crippen LogP contribution in [0.3, 0.4) is 0 Å². The van der Waals surface area contributed by atoms with Gasteiger partial charge in [-0.15, -0.1) is 0 Å². The topological polar surface area (TPSA) is 122 Å². The van der Waals surface area contributed by atoms with Crippen molar-refractivity contribution in [1.29, 1.82) is 0 Å². The van der Waals surface area contributed by atoms with Crippen LogP contribution in [0.5, 0.6) is 0 Å². The molecule has 0 aliphatic heterocycles. The molecule has 0 spiro atoms. The number of H-pyrrole nitrogens is 1. The van der Waals surface area contributed by atoms with E-state index < -0.39 is 5.91 Å². The summed E-state index contributed by atoms with van der Waals surface area (Å²) in [5.74, 6) is 0.709. The minimum atomic E-state index is -0.570. The Bertz CT molecular complexity index is 1060. The van der Waals surface area contributed by atoms with Crippen LogP contribution >= 0.6 is 0 Å². The lowest BCUT2D eigenvalue weighted by atomic mass is 9.84. The number of nitrogens with two attached hydrogens (primary N) is 1.